The predicted octanol–water partition coefficient (Wildman–Crippen LogP) is 1.23. The molecule has 1 atom stereocenters. The number of aliphatic hydroxyl groups is 1. The zero-order valence-corrected chi connectivity index (χ0v) is 12.4. The summed E-state index contributed by atoms with van der Waals surface area (Å²) in [6.07, 6.45) is 1.62. The van der Waals surface area contributed by atoms with Gasteiger partial charge in [0.1, 0.15) is 11.9 Å². The summed E-state index contributed by atoms with van der Waals surface area (Å²) in [4.78, 5) is 8.89. The van der Waals surface area contributed by atoms with Gasteiger partial charge in [0.25, 0.3) is 0 Å². The van der Waals surface area contributed by atoms with Gasteiger partial charge in [-0.25, -0.2) is 4.98 Å². The van der Waals surface area contributed by atoms with Crippen LogP contribution in [-0.2, 0) is 0 Å². The molecule has 1 aromatic rings. The van der Waals surface area contributed by atoms with Crippen LogP contribution in [0.1, 0.15) is 26.3 Å². The molecular weight excluding hydrogens is 252 g/mol. The van der Waals surface area contributed by atoms with E-state index in [4.69, 9.17) is 5.26 Å². The second kappa shape index (κ2) is 5.78. The maximum absolute atomic E-state index is 9.90. The minimum atomic E-state index is -0.658. The summed E-state index contributed by atoms with van der Waals surface area (Å²) >= 11 is 0. The SMILES string of the molecule is CC1CN(CC(C)(C)O)CCN1c1ccc(C#N)cn1. The van der Waals surface area contributed by atoms with E-state index in [1.165, 1.54) is 0 Å². The monoisotopic (exact) mass is 274 g/mol. The van der Waals surface area contributed by atoms with Crippen LogP contribution in [-0.4, -0.2) is 52.8 Å². The first-order valence-electron chi connectivity index (χ1n) is 6.96. The number of piperazine rings is 1. The van der Waals surface area contributed by atoms with Crippen molar-refractivity contribution in [2.75, 3.05) is 31.1 Å². The van der Waals surface area contributed by atoms with Gasteiger partial charge in [-0.15, -0.1) is 0 Å². The minimum absolute atomic E-state index is 0.339. The Morgan fingerprint density at radius 2 is 2.20 bits per heavy atom. The zero-order valence-electron chi connectivity index (χ0n) is 12.4. The van der Waals surface area contributed by atoms with Crippen molar-refractivity contribution < 1.29 is 5.11 Å². The van der Waals surface area contributed by atoms with E-state index >= 15 is 0 Å². The number of rotatable bonds is 3. The van der Waals surface area contributed by atoms with Crippen LogP contribution in [0.2, 0.25) is 0 Å². The highest BCUT2D eigenvalue weighted by Gasteiger charge is 2.27. The van der Waals surface area contributed by atoms with Gasteiger partial charge in [-0.1, -0.05) is 0 Å². The summed E-state index contributed by atoms with van der Waals surface area (Å²) in [5, 5.41) is 18.7. The number of hydrogen-bond donors (Lipinski definition) is 1. The lowest BCUT2D eigenvalue weighted by Crippen LogP contribution is -2.55. The van der Waals surface area contributed by atoms with Gasteiger partial charge < -0.3 is 10.0 Å². The van der Waals surface area contributed by atoms with Crippen LogP contribution >= 0.6 is 0 Å². The van der Waals surface area contributed by atoms with E-state index in [1.54, 1.807) is 12.3 Å². The van der Waals surface area contributed by atoms with Gasteiger partial charge in [0.2, 0.25) is 0 Å². The maximum Gasteiger partial charge on any atom is 0.128 e. The van der Waals surface area contributed by atoms with Gasteiger partial charge in [0.15, 0.2) is 0 Å². The van der Waals surface area contributed by atoms with Crippen LogP contribution < -0.4 is 4.90 Å². The lowest BCUT2D eigenvalue weighted by Gasteiger charge is -2.42. The number of hydrogen-bond acceptors (Lipinski definition) is 5. The van der Waals surface area contributed by atoms with Crippen molar-refractivity contribution in [3.63, 3.8) is 0 Å². The molecule has 20 heavy (non-hydrogen) atoms. The number of nitrogens with zero attached hydrogens (tertiary/aromatic N) is 4. The van der Waals surface area contributed by atoms with Crippen molar-refractivity contribution >= 4 is 5.82 Å². The van der Waals surface area contributed by atoms with E-state index in [2.05, 4.69) is 27.8 Å². The molecule has 0 amide bonds. The number of nitriles is 1. The second-order valence-electron chi connectivity index (χ2n) is 6.11. The fraction of sp³-hybridized carbons (Fsp3) is 0.600. The van der Waals surface area contributed by atoms with E-state index in [9.17, 15) is 5.11 Å². The fourth-order valence-electron chi connectivity index (χ4n) is 2.69. The lowest BCUT2D eigenvalue weighted by molar-refractivity contribution is 0.0307. The lowest BCUT2D eigenvalue weighted by atomic mass is 10.1. The molecule has 5 nitrogen and oxygen atoms in total. The van der Waals surface area contributed by atoms with Gasteiger partial charge in [-0.05, 0) is 32.9 Å². The summed E-state index contributed by atoms with van der Waals surface area (Å²) < 4.78 is 0. The molecule has 1 unspecified atom stereocenters. The van der Waals surface area contributed by atoms with Gasteiger partial charge in [0.05, 0.1) is 11.2 Å². The van der Waals surface area contributed by atoms with Gasteiger partial charge >= 0.3 is 0 Å². The molecule has 0 radical (unpaired) electrons. The van der Waals surface area contributed by atoms with Crippen molar-refractivity contribution in [1.29, 1.82) is 5.26 Å². The summed E-state index contributed by atoms with van der Waals surface area (Å²) in [5.74, 6) is 0.916. The van der Waals surface area contributed by atoms with Crippen LogP contribution in [0.3, 0.4) is 0 Å². The third kappa shape index (κ3) is 3.69. The molecule has 0 aromatic carbocycles. The second-order valence-corrected chi connectivity index (χ2v) is 6.11. The first-order valence-corrected chi connectivity index (χ1v) is 6.96. The van der Waals surface area contributed by atoms with Crippen molar-refractivity contribution in [3.8, 4) is 6.07 Å². The Labute approximate surface area is 120 Å². The average Bonchev–Trinajstić information content (AvgIpc) is 2.37. The molecule has 1 N–H and O–H groups in total. The summed E-state index contributed by atoms with van der Waals surface area (Å²) in [6, 6.07) is 6.13. The number of pyridine rings is 1. The molecule has 0 saturated carbocycles. The largest absolute Gasteiger partial charge is 0.389 e. The molecule has 1 aliphatic rings. The Balaban J connectivity index is 2.01. The van der Waals surface area contributed by atoms with Crippen LogP contribution in [0, 0.1) is 11.3 Å². The highest BCUT2D eigenvalue weighted by Crippen LogP contribution is 2.19. The molecule has 108 valence electrons. The van der Waals surface area contributed by atoms with Crippen molar-refractivity contribution in [3.05, 3.63) is 23.9 Å². The fourth-order valence-corrected chi connectivity index (χ4v) is 2.69. The minimum Gasteiger partial charge on any atom is -0.389 e. The number of aromatic nitrogens is 1. The Hall–Kier alpha value is -1.64. The zero-order chi connectivity index (χ0) is 14.8. The molecule has 0 bridgehead atoms. The molecule has 1 aromatic heterocycles. The van der Waals surface area contributed by atoms with Gasteiger partial charge in [-0.3, -0.25) is 4.90 Å². The van der Waals surface area contributed by atoms with Crippen LogP contribution in [0.15, 0.2) is 18.3 Å². The molecule has 1 saturated heterocycles. The number of anilines is 1. The molecule has 2 rings (SSSR count). The van der Waals surface area contributed by atoms with Crippen molar-refractivity contribution in [1.82, 2.24) is 9.88 Å². The van der Waals surface area contributed by atoms with Crippen molar-refractivity contribution in [2.45, 2.75) is 32.4 Å². The Morgan fingerprint density at radius 1 is 1.45 bits per heavy atom. The van der Waals surface area contributed by atoms with Crippen LogP contribution in [0.25, 0.3) is 0 Å². The molecule has 0 aliphatic carbocycles. The molecule has 0 spiro atoms. The summed E-state index contributed by atoms with van der Waals surface area (Å²) in [7, 11) is 0. The Morgan fingerprint density at radius 3 is 2.70 bits per heavy atom. The quantitative estimate of drug-likeness (QED) is 0.898. The standard InChI is InChI=1S/C15H22N4O/c1-12-10-18(11-15(2,3)20)6-7-19(12)14-5-4-13(8-16)9-17-14/h4-5,9,12,20H,6-7,10-11H2,1-3H3. The van der Waals surface area contributed by atoms with Gasteiger partial charge in [0, 0.05) is 38.4 Å². The Bertz CT molecular complexity index is 486. The first kappa shape index (κ1) is 14.8. The smallest absolute Gasteiger partial charge is 0.128 e. The predicted molar refractivity (Wildman–Crippen MR) is 78.5 cm³/mol. The summed E-state index contributed by atoms with van der Waals surface area (Å²) in [5.41, 5.74) is -0.0729. The highest BCUT2D eigenvalue weighted by atomic mass is 16.3. The third-order valence-electron chi connectivity index (χ3n) is 3.49. The third-order valence-corrected chi connectivity index (χ3v) is 3.49. The van der Waals surface area contributed by atoms with E-state index in [0.717, 1.165) is 25.5 Å². The van der Waals surface area contributed by atoms with Crippen molar-refractivity contribution in [2.24, 2.45) is 0 Å². The molecule has 1 fully saturated rings. The topological polar surface area (TPSA) is 63.4 Å². The molecular formula is C15H22N4O. The van der Waals surface area contributed by atoms with E-state index in [0.29, 0.717) is 18.2 Å². The van der Waals surface area contributed by atoms with E-state index in [1.807, 2.05) is 19.9 Å². The van der Waals surface area contributed by atoms with Crippen LogP contribution in [0.4, 0.5) is 5.82 Å². The maximum atomic E-state index is 9.90. The number of β-amino-alcohol motifs (C(OH)–C–C–N with tert-alkyl or cyclic N) is 1. The average molecular weight is 274 g/mol. The first-order chi connectivity index (χ1) is 9.39. The van der Waals surface area contributed by atoms with E-state index in [-0.39, 0.29) is 0 Å². The molecule has 2 heterocycles. The van der Waals surface area contributed by atoms with E-state index < -0.39 is 5.60 Å². The molecule has 5 heteroatoms. The Kier molecular flexibility index (Phi) is 4.26. The normalized spacial score (nSPS) is 20.8. The summed E-state index contributed by atoms with van der Waals surface area (Å²) in [6.45, 7) is 9.23. The highest BCUT2D eigenvalue weighted by molar-refractivity contribution is 5.43. The van der Waals surface area contributed by atoms with Crippen LogP contribution in [0.5, 0.6) is 0 Å². The van der Waals surface area contributed by atoms with Gasteiger partial charge in [-0.2, -0.15) is 5.26 Å². The molecule has 1 aliphatic heterocycles.